The number of anilines is 1. The molecule has 1 aromatic rings. The number of carbonyl (C=O) groups is 3. The van der Waals surface area contributed by atoms with Crippen molar-refractivity contribution in [3.63, 3.8) is 0 Å². The Kier molecular flexibility index (Phi) is 6.82. The molecule has 9 heteroatoms. The number of carboxylic acids is 1. The minimum absolute atomic E-state index is 0.0473. The third-order valence-corrected chi connectivity index (χ3v) is 4.40. The monoisotopic (exact) mass is 384 g/mol. The quantitative estimate of drug-likeness (QED) is 0.659. The van der Waals surface area contributed by atoms with E-state index in [1.165, 1.54) is 7.11 Å². The van der Waals surface area contributed by atoms with Gasteiger partial charge in [0.25, 0.3) is 0 Å². The summed E-state index contributed by atoms with van der Waals surface area (Å²) >= 11 is 6.02. The van der Waals surface area contributed by atoms with Crippen LogP contribution in [0.3, 0.4) is 0 Å². The smallest absolute Gasteiger partial charge is 0.332 e. The SMILES string of the molecule is COc1cc(Cl)c(C)cc1NC(=O)CCNC(=O)[C@@H]1CC[C@H](C(=O)O)O1. The van der Waals surface area contributed by atoms with Crippen molar-refractivity contribution in [1.29, 1.82) is 0 Å². The van der Waals surface area contributed by atoms with E-state index >= 15 is 0 Å². The van der Waals surface area contributed by atoms with E-state index in [1.54, 1.807) is 12.1 Å². The van der Waals surface area contributed by atoms with Crippen LogP contribution in [-0.4, -0.2) is 48.8 Å². The molecule has 0 unspecified atom stereocenters. The molecule has 142 valence electrons. The summed E-state index contributed by atoms with van der Waals surface area (Å²) < 4.78 is 10.3. The Morgan fingerprint density at radius 3 is 2.62 bits per heavy atom. The molecule has 1 aromatic carbocycles. The van der Waals surface area contributed by atoms with Crippen molar-refractivity contribution in [3.05, 3.63) is 22.7 Å². The van der Waals surface area contributed by atoms with Gasteiger partial charge in [-0.25, -0.2) is 4.79 Å². The van der Waals surface area contributed by atoms with Gasteiger partial charge >= 0.3 is 5.97 Å². The second-order valence-corrected chi connectivity index (χ2v) is 6.33. The van der Waals surface area contributed by atoms with Gasteiger partial charge in [0.05, 0.1) is 12.8 Å². The molecule has 0 aromatic heterocycles. The van der Waals surface area contributed by atoms with Crippen LogP contribution in [0.25, 0.3) is 0 Å². The number of halogens is 1. The van der Waals surface area contributed by atoms with Crippen molar-refractivity contribution >= 4 is 35.1 Å². The fourth-order valence-electron chi connectivity index (χ4n) is 2.57. The van der Waals surface area contributed by atoms with Crippen molar-refractivity contribution in [1.82, 2.24) is 5.32 Å². The molecule has 0 saturated carbocycles. The highest BCUT2D eigenvalue weighted by molar-refractivity contribution is 6.31. The zero-order valence-corrected chi connectivity index (χ0v) is 15.3. The van der Waals surface area contributed by atoms with Crippen LogP contribution < -0.4 is 15.4 Å². The number of nitrogens with one attached hydrogen (secondary N) is 2. The minimum atomic E-state index is -1.08. The van der Waals surface area contributed by atoms with E-state index in [-0.39, 0.29) is 18.9 Å². The van der Waals surface area contributed by atoms with Gasteiger partial charge in [0, 0.05) is 24.1 Å². The average Bonchev–Trinajstić information content (AvgIpc) is 3.08. The maximum absolute atomic E-state index is 12.1. The van der Waals surface area contributed by atoms with Crippen molar-refractivity contribution in [2.75, 3.05) is 19.0 Å². The molecule has 2 atom stereocenters. The molecule has 1 heterocycles. The van der Waals surface area contributed by atoms with Gasteiger partial charge in [0.1, 0.15) is 11.9 Å². The number of rotatable bonds is 7. The third kappa shape index (κ3) is 5.09. The van der Waals surface area contributed by atoms with Crippen LogP contribution in [0.1, 0.15) is 24.8 Å². The Morgan fingerprint density at radius 1 is 1.31 bits per heavy atom. The molecule has 0 radical (unpaired) electrons. The normalized spacial score (nSPS) is 19.0. The van der Waals surface area contributed by atoms with Crippen LogP contribution >= 0.6 is 11.6 Å². The van der Waals surface area contributed by atoms with Crippen molar-refractivity contribution in [2.24, 2.45) is 0 Å². The summed E-state index contributed by atoms with van der Waals surface area (Å²) in [4.78, 5) is 34.8. The van der Waals surface area contributed by atoms with E-state index < -0.39 is 24.1 Å². The molecule has 1 fully saturated rings. The predicted octanol–water partition coefficient (Wildman–Crippen LogP) is 1.73. The second-order valence-electron chi connectivity index (χ2n) is 5.92. The van der Waals surface area contributed by atoms with E-state index in [2.05, 4.69) is 10.6 Å². The zero-order chi connectivity index (χ0) is 19.3. The third-order valence-electron chi connectivity index (χ3n) is 3.99. The predicted molar refractivity (Wildman–Crippen MR) is 94.5 cm³/mol. The first-order valence-corrected chi connectivity index (χ1v) is 8.49. The molecule has 1 saturated heterocycles. The first kappa shape index (κ1) is 20.0. The summed E-state index contributed by atoms with van der Waals surface area (Å²) in [5.74, 6) is -1.36. The number of aliphatic carboxylic acids is 1. The van der Waals surface area contributed by atoms with Gasteiger partial charge in [-0.1, -0.05) is 11.6 Å². The average molecular weight is 385 g/mol. The largest absolute Gasteiger partial charge is 0.495 e. The summed E-state index contributed by atoms with van der Waals surface area (Å²) in [5, 5.41) is 14.7. The van der Waals surface area contributed by atoms with Gasteiger partial charge in [0.2, 0.25) is 11.8 Å². The lowest BCUT2D eigenvalue weighted by atomic mass is 10.2. The number of benzene rings is 1. The van der Waals surface area contributed by atoms with Crippen LogP contribution in [0.15, 0.2) is 12.1 Å². The van der Waals surface area contributed by atoms with Crippen LogP contribution in [0.2, 0.25) is 5.02 Å². The fourth-order valence-corrected chi connectivity index (χ4v) is 2.72. The van der Waals surface area contributed by atoms with E-state index in [0.717, 1.165) is 5.56 Å². The highest BCUT2D eigenvalue weighted by atomic mass is 35.5. The molecule has 2 amide bonds. The number of aryl methyl sites for hydroxylation is 1. The molecule has 3 N–H and O–H groups in total. The number of ether oxygens (including phenoxy) is 2. The number of carboxylic acid groups (broad SMARTS) is 1. The molecular weight excluding hydrogens is 364 g/mol. The first-order chi connectivity index (χ1) is 12.3. The van der Waals surface area contributed by atoms with Crippen LogP contribution in [-0.2, 0) is 19.1 Å². The molecule has 26 heavy (non-hydrogen) atoms. The van der Waals surface area contributed by atoms with E-state index in [1.807, 2.05) is 6.92 Å². The Hall–Kier alpha value is -2.32. The lowest BCUT2D eigenvalue weighted by Gasteiger charge is -2.13. The van der Waals surface area contributed by atoms with Gasteiger partial charge in [-0.15, -0.1) is 0 Å². The Balaban J connectivity index is 1.80. The standard InChI is InChI=1S/C17H21ClN2O6/c1-9-7-11(14(25-2)8-10(9)18)20-15(21)5-6-19-16(22)12-3-4-13(26-12)17(23)24/h7-8,12-13H,3-6H2,1-2H3,(H,19,22)(H,20,21)(H,23,24)/t12-,13+/m0/s1. The minimum Gasteiger partial charge on any atom is -0.495 e. The Labute approximate surface area is 155 Å². The van der Waals surface area contributed by atoms with Gasteiger partial charge in [-0.05, 0) is 31.4 Å². The van der Waals surface area contributed by atoms with E-state index in [0.29, 0.717) is 29.3 Å². The summed E-state index contributed by atoms with van der Waals surface area (Å²) in [6.45, 7) is 1.92. The molecule has 0 aliphatic carbocycles. The van der Waals surface area contributed by atoms with Crippen LogP contribution in [0, 0.1) is 6.92 Å². The fraction of sp³-hybridized carbons (Fsp3) is 0.471. The Morgan fingerprint density at radius 2 is 2.00 bits per heavy atom. The number of methoxy groups -OCH3 is 1. The van der Waals surface area contributed by atoms with Gasteiger partial charge in [0.15, 0.2) is 6.10 Å². The van der Waals surface area contributed by atoms with Gasteiger partial charge in [-0.2, -0.15) is 0 Å². The molecule has 8 nitrogen and oxygen atoms in total. The summed E-state index contributed by atoms with van der Waals surface area (Å²) in [7, 11) is 1.48. The molecule has 2 rings (SSSR count). The number of hydrogen-bond acceptors (Lipinski definition) is 5. The summed E-state index contributed by atoms with van der Waals surface area (Å²) in [5.41, 5.74) is 1.29. The summed E-state index contributed by atoms with van der Waals surface area (Å²) in [6, 6.07) is 3.32. The van der Waals surface area contributed by atoms with E-state index in [9.17, 15) is 14.4 Å². The first-order valence-electron chi connectivity index (χ1n) is 8.11. The second kappa shape index (κ2) is 8.86. The molecule has 1 aliphatic heterocycles. The van der Waals surface area contributed by atoms with Crippen LogP contribution in [0.5, 0.6) is 5.75 Å². The highest BCUT2D eigenvalue weighted by Gasteiger charge is 2.34. The summed E-state index contributed by atoms with van der Waals surface area (Å²) in [6.07, 6.45) is -1.06. The highest BCUT2D eigenvalue weighted by Crippen LogP contribution is 2.31. The van der Waals surface area contributed by atoms with Crippen LogP contribution in [0.4, 0.5) is 5.69 Å². The molecule has 0 bridgehead atoms. The van der Waals surface area contributed by atoms with Gasteiger partial charge in [-0.3, -0.25) is 9.59 Å². The molecule has 0 spiro atoms. The maximum atomic E-state index is 12.1. The molecule has 1 aliphatic rings. The maximum Gasteiger partial charge on any atom is 0.332 e. The lowest BCUT2D eigenvalue weighted by Crippen LogP contribution is -2.37. The van der Waals surface area contributed by atoms with Crippen molar-refractivity contribution in [2.45, 2.75) is 38.4 Å². The topological polar surface area (TPSA) is 114 Å². The Bertz CT molecular complexity index is 709. The number of carbonyl (C=O) groups excluding carboxylic acids is 2. The van der Waals surface area contributed by atoms with Crippen molar-refractivity contribution in [3.8, 4) is 5.75 Å². The van der Waals surface area contributed by atoms with E-state index in [4.69, 9.17) is 26.2 Å². The number of hydrogen-bond donors (Lipinski definition) is 3. The molecular formula is C17H21ClN2O6. The number of amides is 2. The van der Waals surface area contributed by atoms with Crippen molar-refractivity contribution < 1.29 is 29.0 Å². The zero-order valence-electron chi connectivity index (χ0n) is 14.5. The lowest BCUT2D eigenvalue weighted by molar-refractivity contribution is -0.151. The van der Waals surface area contributed by atoms with Gasteiger partial charge < -0.3 is 25.2 Å².